The number of aromatic nitrogens is 2. The normalized spacial score (nSPS) is 13.3. The Morgan fingerprint density at radius 2 is 1.45 bits per heavy atom. The van der Waals surface area contributed by atoms with Crippen molar-refractivity contribution in [3.63, 3.8) is 0 Å². The van der Waals surface area contributed by atoms with Gasteiger partial charge >= 0.3 is 0 Å². The Kier molecular flexibility index (Phi) is 9.03. The van der Waals surface area contributed by atoms with Crippen LogP contribution in [0, 0.1) is 0 Å². The Balaban J connectivity index is 1.72. The van der Waals surface area contributed by atoms with Crippen molar-refractivity contribution in [2.24, 2.45) is 0 Å². The van der Waals surface area contributed by atoms with Crippen LogP contribution in [0.5, 0.6) is 0 Å². The van der Waals surface area contributed by atoms with Crippen LogP contribution in [0.3, 0.4) is 0 Å². The maximum Gasteiger partial charge on any atom is 0.241 e. The molecule has 1 aromatic heterocycles. The first kappa shape index (κ1) is 21.4. The highest BCUT2D eigenvalue weighted by atomic mass is 15.1. The van der Waals surface area contributed by atoms with Crippen LogP contribution >= 0.6 is 0 Å². The molecule has 2 aromatic carbocycles. The molecule has 1 N–H and O–H groups in total. The van der Waals surface area contributed by atoms with E-state index in [4.69, 9.17) is 0 Å². The molecular weight excluding hydrogens is 352 g/mol. The molecule has 0 spiro atoms. The third kappa shape index (κ3) is 6.88. The van der Waals surface area contributed by atoms with Gasteiger partial charge in [0.1, 0.15) is 18.4 Å². The highest BCUT2D eigenvalue weighted by molar-refractivity contribution is 5.25. The minimum Gasteiger partial charge on any atom is -0.250 e. The minimum absolute atomic E-state index is 0.472. The Morgan fingerprint density at radius 1 is 0.793 bits per heavy atom. The lowest BCUT2D eigenvalue weighted by Crippen LogP contribution is -2.41. The fraction of sp³-hybridized carbons (Fsp3) is 0.444. The molecule has 3 rings (SSSR count). The van der Waals surface area contributed by atoms with Crippen molar-refractivity contribution in [3.8, 4) is 0 Å². The summed E-state index contributed by atoms with van der Waals surface area (Å²) in [6, 6.07) is 22.5. The zero-order valence-corrected chi connectivity index (χ0v) is 18.0. The predicted octanol–water partition coefficient (Wildman–Crippen LogP) is 7.01. The fourth-order valence-corrected chi connectivity index (χ4v) is 4.42. The average molecular weight is 390 g/mol. The molecule has 0 bridgehead atoms. The number of rotatable bonds is 13. The molecule has 2 unspecified atom stereocenters. The number of H-pyrrole nitrogens is 1. The standard InChI is InChI=1S/C27H36N2/c1-2-3-4-5-6-7-14-19-27(29-21-20-28-23-29)26(25-17-12-9-13-18-25)22-24-15-10-8-11-16-24/h8-13,15-18,20-21,23,26-27H,2-7,14,19,22H2,1H3/p+1. The lowest BCUT2D eigenvalue weighted by Gasteiger charge is -2.26. The Hall–Kier alpha value is -2.35. The van der Waals surface area contributed by atoms with Gasteiger partial charge in [-0.25, -0.2) is 4.57 Å². The van der Waals surface area contributed by atoms with E-state index in [1.54, 1.807) is 0 Å². The number of imidazole rings is 1. The molecule has 2 heteroatoms. The summed E-state index contributed by atoms with van der Waals surface area (Å²) in [6.45, 7) is 2.29. The summed E-state index contributed by atoms with van der Waals surface area (Å²) in [5.41, 5.74) is 2.86. The molecule has 0 amide bonds. The zero-order chi connectivity index (χ0) is 20.2. The number of unbranched alkanes of at least 4 members (excludes halogenated alkanes) is 6. The van der Waals surface area contributed by atoms with Gasteiger partial charge in [0, 0.05) is 5.92 Å². The highest BCUT2D eigenvalue weighted by Gasteiger charge is 2.28. The maximum absolute atomic E-state index is 3.27. The Bertz CT molecular complexity index is 765. The second-order valence-electron chi connectivity index (χ2n) is 8.24. The van der Waals surface area contributed by atoms with Crippen LogP contribution < -0.4 is 4.57 Å². The first-order chi connectivity index (χ1) is 14.4. The van der Waals surface area contributed by atoms with Crippen LogP contribution in [0.2, 0.25) is 0 Å². The number of hydrogen-bond donors (Lipinski definition) is 1. The third-order valence-electron chi connectivity index (χ3n) is 6.04. The topological polar surface area (TPSA) is 19.7 Å². The molecule has 29 heavy (non-hydrogen) atoms. The minimum atomic E-state index is 0.472. The first-order valence-electron chi connectivity index (χ1n) is 11.5. The summed E-state index contributed by atoms with van der Waals surface area (Å²) in [6.07, 6.45) is 18.2. The molecule has 0 saturated heterocycles. The van der Waals surface area contributed by atoms with Gasteiger partial charge < -0.3 is 0 Å². The van der Waals surface area contributed by atoms with E-state index in [2.05, 4.69) is 89.7 Å². The molecule has 1 heterocycles. The van der Waals surface area contributed by atoms with Gasteiger partial charge in [-0.2, -0.15) is 0 Å². The van der Waals surface area contributed by atoms with E-state index in [1.165, 1.54) is 62.5 Å². The molecule has 154 valence electrons. The molecule has 2 nitrogen and oxygen atoms in total. The van der Waals surface area contributed by atoms with Crippen LogP contribution in [-0.2, 0) is 6.42 Å². The van der Waals surface area contributed by atoms with E-state index in [1.807, 2.05) is 6.20 Å². The van der Waals surface area contributed by atoms with E-state index < -0.39 is 0 Å². The molecule has 0 aliphatic rings. The summed E-state index contributed by atoms with van der Waals surface area (Å²) in [4.78, 5) is 3.27. The average Bonchev–Trinajstić information content (AvgIpc) is 3.30. The van der Waals surface area contributed by atoms with Crippen LogP contribution in [0.15, 0.2) is 79.4 Å². The third-order valence-corrected chi connectivity index (χ3v) is 6.04. The monoisotopic (exact) mass is 389 g/mol. The number of nitrogens with one attached hydrogen (secondary N) is 1. The fourth-order valence-electron chi connectivity index (χ4n) is 4.42. The summed E-state index contributed by atoms with van der Waals surface area (Å²) in [5.74, 6) is 0.472. The lowest BCUT2D eigenvalue weighted by atomic mass is 9.83. The van der Waals surface area contributed by atoms with Gasteiger partial charge in [0.25, 0.3) is 0 Å². The molecule has 0 aliphatic heterocycles. The summed E-state index contributed by atoms with van der Waals surface area (Å²) < 4.78 is 2.40. The highest BCUT2D eigenvalue weighted by Crippen LogP contribution is 2.32. The molecule has 0 fully saturated rings. The van der Waals surface area contributed by atoms with Crippen molar-refractivity contribution in [1.29, 1.82) is 0 Å². The van der Waals surface area contributed by atoms with Crippen molar-refractivity contribution in [2.45, 2.75) is 76.7 Å². The smallest absolute Gasteiger partial charge is 0.241 e. The van der Waals surface area contributed by atoms with E-state index >= 15 is 0 Å². The maximum atomic E-state index is 3.27. The van der Waals surface area contributed by atoms with Gasteiger partial charge in [0.15, 0.2) is 0 Å². The van der Waals surface area contributed by atoms with Crippen molar-refractivity contribution >= 4 is 0 Å². The summed E-state index contributed by atoms with van der Waals surface area (Å²) in [7, 11) is 0. The summed E-state index contributed by atoms with van der Waals surface area (Å²) in [5, 5.41) is 0. The van der Waals surface area contributed by atoms with Crippen LogP contribution in [0.4, 0.5) is 0 Å². The van der Waals surface area contributed by atoms with E-state index in [0.717, 1.165) is 6.42 Å². The van der Waals surface area contributed by atoms with Gasteiger partial charge in [-0.3, -0.25) is 4.98 Å². The number of nitrogens with zero attached hydrogens (tertiary/aromatic N) is 1. The van der Waals surface area contributed by atoms with Crippen molar-refractivity contribution in [2.75, 3.05) is 0 Å². The lowest BCUT2D eigenvalue weighted by molar-refractivity contribution is -0.725. The number of aromatic amines is 1. The van der Waals surface area contributed by atoms with Gasteiger partial charge in [-0.05, 0) is 30.4 Å². The second kappa shape index (κ2) is 12.3. The molecule has 2 atom stereocenters. The summed E-state index contributed by atoms with van der Waals surface area (Å²) >= 11 is 0. The van der Waals surface area contributed by atoms with E-state index in [-0.39, 0.29) is 0 Å². The molecular formula is C27H37N2+. The quantitative estimate of drug-likeness (QED) is 0.240. The molecule has 0 radical (unpaired) electrons. The van der Waals surface area contributed by atoms with Crippen LogP contribution in [0.1, 0.15) is 81.4 Å². The largest absolute Gasteiger partial charge is 0.250 e. The van der Waals surface area contributed by atoms with Crippen molar-refractivity contribution < 1.29 is 4.57 Å². The first-order valence-corrected chi connectivity index (χ1v) is 11.5. The van der Waals surface area contributed by atoms with E-state index in [9.17, 15) is 0 Å². The van der Waals surface area contributed by atoms with Crippen LogP contribution in [0.25, 0.3) is 0 Å². The molecule has 3 aromatic rings. The second-order valence-corrected chi connectivity index (χ2v) is 8.24. The van der Waals surface area contributed by atoms with Gasteiger partial charge in [0.2, 0.25) is 6.33 Å². The van der Waals surface area contributed by atoms with Gasteiger partial charge in [-0.1, -0.05) is 106 Å². The van der Waals surface area contributed by atoms with Gasteiger partial charge in [0.05, 0.1) is 0 Å². The van der Waals surface area contributed by atoms with Crippen molar-refractivity contribution in [3.05, 3.63) is 90.5 Å². The predicted molar refractivity (Wildman–Crippen MR) is 122 cm³/mol. The van der Waals surface area contributed by atoms with E-state index in [0.29, 0.717) is 12.0 Å². The number of benzene rings is 2. The van der Waals surface area contributed by atoms with Crippen molar-refractivity contribution in [1.82, 2.24) is 4.98 Å². The molecule has 0 aliphatic carbocycles. The Morgan fingerprint density at radius 3 is 2.10 bits per heavy atom. The van der Waals surface area contributed by atoms with Crippen LogP contribution in [-0.4, -0.2) is 4.98 Å². The Labute approximate surface area is 177 Å². The number of hydrogen-bond acceptors (Lipinski definition) is 0. The SMILES string of the molecule is CCCCCCCCCC(C(Cc1ccccc1)c1ccccc1)[n+]1cc[nH]c1. The molecule has 0 saturated carbocycles. The zero-order valence-electron chi connectivity index (χ0n) is 18.0. The van der Waals surface area contributed by atoms with Gasteiger partial charge in [-0.15, -0.1) is 0 Å².